The molecular formula is C4H6INO4. The molecule has 0 amide bonds. The number of nitrogens with zero attached hydrogens (tertiary/aromatic N) is 1. The lowest BCUT2D eigenvalue weighted by molar-refractivity contribution is -0.139. The Bertz CT molecular complexity index is 132. The van der Waals surface area contributed by atoms with E-state index in [0.717, 1.165) is 0 Å². The molecular weight excluding hydrogens is 253 g/mol. The maximum Gasteiger partial charge on any atom is 0.318 e. The molecule has 6 heteroatoms. The highest BCUT2D eigenvalue weighted by atomic mass is 127. The van der Waals surface area contributed by atoms with Crippen LogP contribution in [0.1, 0.15) is 0 Å². The van der Waals surface area contributed by atoms with E-state index in [-0.39, 0.29) is 13.1 Å². The van der Waals surface area contributed by atoms with E-state index in [1.807, 2.05) is 0 Å². The summed E-state index contributed by atoms with van der Waals surface area (Å²) in [5.41, 5.74) is 0. The maximum absolute atomic E-state index is 9.95. The lowest BCUT2D eigenvalue weighted by Gasteiger charge is -2.06. The SMILES string of the molecule is O=C(O)CN(I)CC(=O)O. The van der Waals surface area contributed by atoms with Crippen LogP contribution in [-0.4, -0.2) is 38.4 Å². The highest BCUT2D eigenvalue weighted by Gasteiger charge is 2.08. The topological polar surface area (TPSA) is 77.8 Å². The van der Waals surface area contributed by atoms with Gasteiger partial charge < -0.3 is 10.2 Å². The summed E-state index contributed by atoms with van der Waals surface area (Å²) in [5.74, 6) is -2.06. The summed E-state index contributed by atoms with van der Waals surface area (Å²) in [5, 5.41) is 16.3. The summed E-state index contributed by atoms with van der Waals surface area (Å²) in [4.78, 5) is 19.9. The number of carbonyl (C=O) groups is 2. The normalized spacial score (nSPS) is 9.80. The monoisotopic (exact) mass is 259 g/mol. The Morgan fingerprint density at radius 1 is 1.20 bits per heavy atom. The van der Waals surface area contributed by atoms with E-state index in [4.69, 9.17) is 10.2 Å². The second-order valence-electron chi connectivity index (χ2n) is 1.57. The van der Waals surface area contributed by atoms with Gasteiger partial charge in [-0.1, -0.05) is 0 Å². The molecule has 0 fully saturated rings. The van der Waals surface area contributed by atoms with Crippen LogP contribution in [0.15, 0.2) is 0 Å². The van der Waals surface area contributed by atoms with Crippen molar-refractivity contribution in [3.8, 4) is 0 Å². The Morgan fingerprint density at radius 3 is 1.70 bits per heavy atom. The van der Waals surface area contributed by atoms with Gasteiger partial charge >= 0.3 is 11.9 Å². The van der Waals surface area contributed by atoms with E-state index in [1.165, 1.54) is 3.11 Å². The van der Waals surface area contributed by atoms with Crippen molar-refractivity contribution in [3.05, 3.63) is 0 Å². The summed E-state index contributed by atoms with van der Waals surface area (Å²) in [7, 11) is 0. The summed E-state index contributed by atoms with van der Waals surface area (Å²) < 4.78 is 1.17. The van der Waals surface area contributed by atoms with Crippen LogP contribution in [0.5, 0.6) is 0 Å². The molecule has 0 saturated heterocycles. The first-order chi connectivity index (χ1) is 4.52. The molecule has 0 aliphatic carbocycles. The predicted octanol–water partition coefficient (Wildman–Crippen LogP) is -0.192. The number of rotatable bonds is 4. The van der Waals surface area contributed by atoms with Gasteiger partial charge in [0.05, 0.1) is 0 Å². The third kappa shape index (κ3) is 5.76. The molecule has 0 aromatic heterocycles. The Hall–Kier alpha value is -0.370. The van der Waals surface area contributed by atoms with Crippen molar-refractivity contribution in [1.29, 1.82) is 0 Å². The minimum Gasteiger partial charge on any atom is -0.480 e. The summed E-state index contributed by atoms with van der Waals surface area (Å²) in [6.45, 7) is -0.514. The van der Waals surface area contributed by atoms with Crippen LogP contribution < -0.4 is 0 Å². The lowest BCUT2D eigenvalue weighted by Crippen LogP contribution is -2.25. The van der Waals surface area contributed by atoms with E-state index in [2.05, 4.69) is 0 Å². The fraction of sp³-hybridized carbons (Fsp3) is 0.500. The van der Waals surface area contributed by atoms with Crippen molar-refractivity contribution in [1.82, 2.24) is 3.11 Å². The zero-order valence-electron chi connectivity index (χ0n) is 4.95. The molecule has 0 bridgehead atoms. The van der Waals surface area contributed by atoms with Gasteiger partial charge in [0.25, 0.3) is 0 Å². The maximum atomic E-state index is 9.95. The van der Waals surface area contributed by atoms with E-state index in [0.29, 0.717) is 0 Å². The first-order valence-electron chi connectivity index (χ1n) is 2.36. The summed E-state index contributed by atoms with van der Waals surface area (Å²) in [6.07, 6.45) is 0. The van der Waals surface area contributed by atoms with Gasteiger partial charge in [0.15, 0.2) is 0 Å². The van der Waals surface area contributed by atoms with Crippen molar-refractivity contribution in [2.75, 3.05) is 13.1 Å². The highest BCUT2D eigenvalue weighted by Crippen LogP contribution is 1.95. The van der Waals surface area contributed by atoms with Crippen LogP contribution in [0, 0.1) is 0 Å². The molecule has 0 heterocycles. The number of carboxylic acids is 2. The second kappa shape index (κ2) is 4.45. The van der Waals surface area contributed by atoms with E-state index < -0.39 is 11.9 Å². The Morgan fingerprint density at radius 2 is 1.50 bits per heavy atom. The first kappa shape index (κ1) is 9.63. The molecule has 0 spiro atoms. The van der Waals surface area contributed by atoms with Crippen LogP contribution in [0.3, 0.4) is 0 Å². The molecule has 0 radical (unpaired) electrons. The number of halogens is 1. The number of hydrogen-bond acceptors (Lipinski definition) is 3. The fourth-order valence-corrected chi connectivity index (χ4v) is 0.933. The van der Waals surface area contributed by atoms with E-state index >= 15 is 0 Å². The molecule has 0 aliphatic rings. The molecule has 0 saturated carbocycles. The second-order valence-corrected chi connectivity index (χ2v) is 2.93. The number of aliphatic carboxylic acids is 2. The van der Waals surface area contributed by atoms with Gasteiger partial charge in [0.1, 0.15) is 13.1 Å². The molecule has 0 unspecified atom stereocenters. The molecule has 0 atom stereocenters. The van der Waals surface area contributed by atoms with Gasteiger partial charge in [-0.05, 0) is 0 Å². The van der Waals surface area contributed by atoms with Crippen molar-refractivity contribution in [3.63, 3.8) is 0 Å². The zero-order chi connectivity index (χ0) is 8.15. The van der Waals surface area contributed by atoms with Crippen LogP contribution >= 0.6 is 22.9 Å². The third-order valence-corrected chi connectivity index (χ3v) is 1.30. The Balaban J connectivity index is 3.53. The first-order valence-corrected chi connectivity index (χ1v) is 3.33. The largest absolute Gasteiger partial charge is 0.480 e. The molecule has 5 nitrogen and oxygen atoms in total. The molecule has 10 heavy (non-hydrogen) atoms. The number of hydrogen-bond donors (Lipinski definition) is 2. The Labute approximate surface area is 71.1 Å². The van der Waals surface area contributed by atoms with Crippen molar-refractivity contribution >= 4 is 34.8 Å². The van der Waals surface area contributed by atoms with Gasteiger partial charge in [-0.25, -0.2) is 3.11 Å². The van der Waals surface area contributed by atoms with Crippen LogP contribution in [0.2, 0.25) is 0 Å². The molecule has 58 valence electrons. The van der Waals surface area contributed by atoms with Gasteiger partial charge in [0.2, 0.25) is 0 Å². The minimum absolute atomic E-state index is 0.257. The minimum atomic E-state index is -1.03. The fourth-order valence-electron chi connectivity index (χ4n) is 0.349. The van der Waals surface area contributed by atoms with Crippen molar-refractivity contribution in [2.45, 2.75) is 0 Å². The van der Waals surface area contributed by atoms with Gasteiger partial charge in [-0.2, -0.15) is 0 Å². The smallest absolute Gasteiger partial charge is 0.318 e. The van der Waals surface area contributed by atoms with Gasteiger partial charge in [0, 0.05) is 22.9 Å². The quantitative estimate of drug-likeness (QED) is 0.540. The molecule has 0 aliphatic heterocycles. The number of carboxylic acid groups (broad SMARTS) is 2. The molecule has 0 rings (SSSR count). The van der Waals surface area contributed by atoms with E-state index in [1.54, 1.807) is 22.9 Å². The zero-order valence-corrected chi connectivity index (χ0v) is 7.11. The average molecular weight is 259 g/mol. The summed E-state index contributed by atoms with van der Waals surface area (Å²) in [6, 6.07) is 0. The summed E-state index contributed by atoms with van der Waals surface area (Å²) >= 11 is 1.64. The average Bonchev–Trinajstić information content (AvgIpc) is 1.58. The molecule has 0 aromatic carbocycles. The van der Waals surface area contributed by atoms with Crippen LogP contribution in [0.4, 0.5) is 0 Å². The van der Waals surface area contributed by atoms with E-state index in [9.17, 15) is 9.59 Å². The van der Waals surface area contributed by atoms with Gasteiger partial charge in [-0.15, -0.1) is 0 Å². The van der Waals surface area contributed by atoms with Crippen molar-refractivity contribution in [2.24, 2.45) is 0 Å². The standard InChI is InChI=1S/C4H6INO4/c5-6(1-3(7)8)2-4(9)10/h1-2H2,(H,7,8)(H,9,10). The predicted molar refractivity (Wildman–Crippen MR) is 40.9 cm³/mol. The van der Waals surface area contributed by atoms with Crippen LogP contribution in [-0.2, 0) is 9.59 Å². The Kier molecular flexibility index (Phi) is 4.28. The third-order valence-electron chi connectivity index (χ3n) is 0.614. The molecule has 0 aromatic rings. The van der Waals surface area contributed by atoms with Crippen LogP contribution in [0.25, 0.3) is 0 Å². The van der Waals surface area contributed by atoms with Crippen molar-refractivity contribution < 1.29 is 19.8 Å². The lowest BCUT2D eigenvalue weighted by atomic mass is 10.6. The molecule has 2 N–H and O–H groups in total. The van der Waals surface area contributed by atoms with Gasteiger partial charge in [-0.3, -0.25) is 9.59 Å². The highest BCUT2D eigenvalue weighted by molar-refractivity contribution is 14.1.